The number of benzene rings is 1. The zero-order valence-corrected chi connectivity index (χ0v) is 13.2. The molecule has 0 unspecified atom stereocenters. The van der Waals surface area contributed by atoms with E-state index in [-0.39, 0.29) is 11.7 Å². The number of anilines is 1. The van der Waals surface area contributed by atoms with Gasteiger partial charge in [0.2, 0.25) is 5.91 Å². The molecular formula is C15H16N4O2S. The van der Waals surface area contributed by atoms with Crippen LogP contribution in [0.3, 0.4) is 0 Å². The molecule has 0 spiro atoms. The highest BCUT2D eigenvalue weighted by molar-refractivity contribution is 7.99. The smallest absolute Gasteiger partial charge is 0.236 e. The monoisotopic (exact) mass is 316 g/mol. The molecule has 22 heavy (non-hydrogen) atoms. The van der Waals surface area contributed by atoms with Crippen molar-refractivity contribution >= 4 is 34.5 Å². The van der Waals surface area contributed by atoms with Gasteiger partial charge in [-0.2, -0.15) is 0 Å². The first-order valence-electron chi connectivity index (χ1n) is 6.98. The molecule has 0 saturated carbocycles. The number of fused-ring (bicyclic) bond motifs is 1. The second kappa shape index (κ2) is 6.23. The summed E-state index contributed by atoms with van der Waals surface area (Å²) in [6.45, 7) is 4.66. The Hall–Kier alpha value is -2.28. The van der Waals surface area contributed by atoms with E-state index in [4.69, 9.17) is 4.52 Å². The summed E-state index contributed by atoms with van der Waals surface area (Å²) in [6, 6.07) is 9.65. The number of thioether (sulfide) groups is 1. The van der Waals surface area contributed by atoms with E-state index < -0.39 is 0 Å². The van der Waals surface area contributed by atoms with E-state index in [1.807, 2.05) is 24.3 Å². The number of carbonyl (C=O) groups excluding carboxylic acids is 1. The van der Waals surface area contributed by atoms with Crippen molar-refractivity contribution in [1.82, 2.24) is 14.7 Å². The fourth-order valence-corrected chi connectivity index (χ4v) is 3.08. The maximum absolute atomic E-state index is 12.0. The minimum atomic E-state index is -0.131. The molecule has 114 valence electrons. The summed E-state index contributed by atoms with van der Waals surface area (Å²) in [6.07, 6.45) is 0. The van der Waals surface area contributed by atoms with Gasteiger partial charge < -0.3 is 14.4 Å². The number of imidazole rings is 1. The lowest BCUT2D eigenvalue weighted by Crippen LogP contribution is -2.14. The van der Waals surface area contributed by atoms with Gasteiger partial charge >= 0.3 is 0 Å². The van der Waals surface area contributed by atoms with E-state index in [9.17, 15) is 4.79 Å². The summed E-state index contributed by atoms with van der Waals surface area (Å²) in [5.41, 5.74) is 2.03. The summed E-state index contributed by atoms with van der Waals surface area (Å²) >= 11 is 1.41. The van der Waals surface area contributed by atoms with Gasteiger partial charge in [-0.1, -0.05) is 29.1 Å². The maximum Gasteiger partial charge on any atom is 0.236 e. The van der Waals surface area contributed by atoms with Crippen LogP contribution in [0, 0.1) is 6.92 Å². The minimum absolute atomic E-state index is 0.131. The van der Waals surface area contributed by atoms with E-state index >= 15 is 0 Å². The molecule has 1 N–H and O–H groups in total. The first kappa shape index (κ1) is 14.6. The fraction of sp³-hybridized carbons (Fsp3) is 0.267. The van der Waals surface area contributed by atoms with E-state index in [0.717, 1.165) is 22.7 Å². The first-order valence-corrected chi connectivity index (χ1v) is 7.97. The van der Waals surface area contributed by atoms with Gasteiger partial charge in [0.05, 0.1) is 16.8 Å². The third-order valence-corrected chi connectivity index (χ3v) is 4.14. The predicted molar refractivity (Wildman–Crippen MR) is 86.0 cm³/mol. The lowest BCUT2D eigenvalue weighted by atomic mass is 10.3. The van der Waals surface area contributed by atoms with Crippen molar-refractivity contribution in [3.63, 3.8) is 0 Å². The summed E-state index contributed by atoms with van der Waals surface area (Å²) in [7, 11) is 0. The molecule has 7 heteroatoms. The molecule has 0 bridgehead atoms. The molecule has 0 saturated heterocycles. The van der Waals surface area contributed by atoms with Gasteiger partial charge in [-0.3, -0.25) is 4.79 Å². The van der Waals surface area contributed by atoms with E-state index in [0.29, 0.717) is 11.6 Å². The van der Waals surface area contributed by atoms with Crippen LogP contribution in [0.4, 0.5) is 5.82 Å². The van der Waals surface area contributed by atoms with Crippen LogP contribution in [0.25, 0.3) is 11.0 Å². The number of aryl methyl sites for hydroxylation is 2. The molecule has 0 aliphatic rings. The van der Waals surface area contributed by atoms with E-state index in [2.05, 4.69) is 26.9 Å². The second-order valence-corrected chi connectivity index (χ2v) is 5.73. The number of hydrogen-bond acceptors (Lipinski definition) is 5. The van der Waals surface area contributed by atoms with Crippen LogP contribution in [-0.4, -0.2) is 26.4 Å². The molecule has 0 aliphatic heterocycles. The van der Waals surface area contributed by atoms with Crippen LogP contribution < -0.4 is 5.32 Å². The summed E-state index contributed by atoms with van der Waals surface area (Å²) in [5.74, 6) is 1.24. The average Bonchev–Trinajstić information content (AvgIpc) is 3.07. The van der Waals surface area contributed by atoms with E-state index in [1.165, 1.54) is 11.8 Å². The van der Waals surface area contributed by atoms with Crippen molar-refractivity contribution < 1.29 is 9.32 Å². The molecule has 2 aromatic heterocycles. The molecule has 0 fully saturated rings. The number of hydrogen-bond donors (Lipinski definition) is 1. The van der Waals surface area contributed by atoms with Gasteiger partial charge in [-0.05, 0) is 26.0 Å². The molecule has 2 heterocycles. The number of nitrogens with zero attached hydrogens (tertiary/aromatic N) is 3. The van der Waals surface area contributed by atoms with Crippen LogP contribution in [0.15, 0.2) is 40.0 Å². The molecule has 6 nitrogen and oxygen atoms in total. The number of carbonyl (C=O) groups is 1. The summed E-state index contributed by atoms with van der Waals surface area (Å²) in [4.78, 5) is 16.5. The Labute approximate surface area is 131 Å². The van der Waals surface area contributed by atoms with Gasteiger partial charge in [0.25, 0.3) is 0 Å². The molecule has 0 aliphatic carbocycles. The zero-order chi connectivity index (χ0) is 15.5. The molecule has 0 atom stereocenters. The molecule has 1 aromatic carbocycles. The zero-order valence-electron chi connectivity index (χ0n) is 12.4. The Kier molecular flexibility index (Phi) is 4.15. The number of aromatic nitrogens is 3. The lowest BCUT2D eigenvalue weighted by molar-refractivity contribution is -0.113. The molecule has 3 aromatic rings. The highest BCUT2D eigenvalue weighted by Crippen LogP contribution is 2.24. The molecule has 0 radical (unpaired) electrons. The molecule has 1 amide bonds. The van der Waals surface area contributed by atoms with Crippen LogP contribution in [0.2, 0.25) is 0 Å². The van der Waals surface area contributed by atoms with Crippen LogP contribution >= 0.6 is 11.8 Å². The highest BCUT2D eigenvalue weighted by Gasteiger charge is 2.12. The third kappa shape index (κ3) is 2.99. The first-order chi connectivity index (χ1) is 10.7. The normalized spacial score (nSPS) is 11.0. The summed E-state index contributed by atoms with van der Waals surface area (Å²) in [5, 5.41) is 7.29. The molecule has 3 rings (SSSR count). The van der Waals surface area contributed by atoms with Crippen molar-refractivity contribution in [2.75, 3.05) is 11.1 Å². The van der Waals surface area contributed by atoms with Crippen LogP contribution in [0.1, 0.15) is 12.7 Å². The average molecular weight is 316 g/mol. The van der Waals surface area contributed by atoms with Crippen molar-refractivity contribution in [3.8, 4) is 0 Å². The maximum atomic E-state index is 12.0. The van der Waals surface area contributed by atoms with Crippen molar-refractivity contribution in [1.29, 1.82) is 0 Å². The van der Waals surface area contributed by atoms with E-state index in [1.54, 1.807) is 13.0 Å². The second-order valence-electron chi connectivity index (χ2n) is 4.79. The van der Waals surface area contributed by atoms with Gasteiger partial charge in [0.15, 0.2) is 11.0 Å². The van der Waals surface area contributed by atoms with Gasteiger partial charge in [-0.25, -0.2) is 4.98 Å². The SMILES string of the molecule is CCn1c(SCC(=O)Nc2cc(C)on2)nc2ccccc21. The summed E-state index contributed by atoms with van der Waals surface area (Å²) < 4.78 is 7.02. The number of para-hydroxylation sites is 2. The predicted octanol–water partition coefficient (Wildman–Crippen LogP) is 3.08. The van der Waals surface area contributed by atoms with Gasteiger partial charge in [0.1, 0.15) is 5.76 Å². The molecular weight excluding hydrogens is 300 g/mol. The van der Waals surface area contributed by atoms with Crippen molar-refractivity contribution in [2.24, 2.45) is 0 Å². The standard InChI is InChI=1S/C15H16N4O2S/c1-3-19-12-7-5-4-6-11(12)16-15(19)22-9-14(20)17-13-8-10(2)21-18-13/h4-8H,3,9H2,1-2H3,(H,17,18,20). The Bertz CT molecular complexity index is 809. The number of amides is 1. The minimum Gasteiger partial charge on any atom is -0.360 e. The number of rotatable bonds is 5. The highest BCUT2D eigenvalue weighted by atomic mass is 32.2. The quantitative estimate of drug-likeness (QED) is 0.732. The fourth-order valence-electron chi connectivity index (χ4n) is 2.20. The van der Waals surface area contributed by atoms with Gasteiger partial charge in [-0.15, -0.1) is 0 Å². The van der Waals surface area contributed by atoms with Crippen LogP contribution in [-0.2, 0) is 11.3 Å². The van der Waals surface area contributed by atoms with Crippen molar-refractivity contribution in [3.05, 3.63) is 36.1 Å². The van der Waals surface area contributed by atoms with Gasteiger partial charge in [0, 0.05) is 12.6 Å². The Balaban J connectivity index is 1.69. The van der Waals surface area contributed by atoms with Crippen LogP contribution in [0.5, 0.6) is 0 Å². The topological polar surface area (TPSA) is 73.0 Å². The number of nitrogens with one attached hydrogen (secondary N) is 1. The van der Waals surface area contributed by atoms with Crippen molar-refractivity contribution in [2.45, 2.75) is 25.5 Å². The largest absolute Gasteiger partial charge is 0.360 e. The lowest BCUT2D eigenvalue weighted by Gasteiger charge is -2.05. The Morgan fingerprint density at radius 2 is 2.23 bits per heavy atom. The Morgan fingerprint density at radius 1 is 1.41 bits per heavy atom. The Morgan fingerprint density at radius 3 is 2.95 bits per heavy atom. The third-order valence-electron chi connectivity index (χ3n) is 3.16.